The van der Waals surface area contributed by atoms with Gasteiger partial charge >= 0.3 is 215 Å². The van der Waals surface area contributed by atoms with Crippen molar-refractivity contribution in [2.24, 2.45) is 0 Å². The molecule has 0 fully saturated rings. The fourth-order valence-electron chi connectivity index (χ4n) is 7.16. The zero-order valence-corrected chi connectivity index (χ0v) is 36.5. The van der Waals surface area contributed by atoms with E-state index in [0.717, 1.165) is 13.2 Å². The summed E-state index contributed by atoms with van der Waals surface area (Å²) in [5.41, 5.74) is 0. The minimum atomic E-state index is -2.94. The van der Waals surface area contributed by atoms with E-state index in [1.807, 2.05) is 0 Å². The summed E-state index contributed by atoms with van der Waals surface area (Å²) in [4.78, 5) is 0. The van der Waals surface area contributed by atoms with Crippen LogP contribution in [0.3, 0.4) is 0 Å². The van der Waals surface area contributed by atoms with Crippen molar-refractivity contribution in [3.63, 3.8) is 0 Å². The Morgan fingerprint density at radius 2 is 0.426 bits per heavy atom. The van der Waals surface area contributed by atoms with Crippen LogP contribution in [0.5, 0.6) is 0 Å². The summed E-state index contributed by atoms with van der Waals surface area (Å²) in [7, 11) is 0. The first-order valence-electron chi connectivity index (χ1n) is 22.5. The van der Waals surface area contributed by atoms with Crippen LogP contribution in [0, 0.1) is 0 Å². The van der Waals surface area contributed by atoms with Crippen LogP contribution in [0.1, 0.15) is 259 Å². The minimum Gasteiger partial charge on any atom is -0.0654 e. The fourth-order valence-corrected chi connectivity index (χ4v) is 17.8. The zero-order chi connectivity index (χ0) is 34.2. The molecular formula is C44H92O2Sn. The Balaban J connectivity index is 3.89. The Kier molecular flexibility index (Phi) is 41.8. The van der Waals surface area contributed by atoms with Crippen LogP contribution in [-0.4, -0.2) is 32.4 Å². The van der Waals surface area contributed by atoms with Crippen molar-refractivity contribution in [1.29, 1.82) is 0 Å². The van der Waals surface area contributed by atoms with Gasteiger partial charge in [-0.3, -0.25) is 0 Å². The molecule has 0 rings (SSSR count). The molecule has 0 aliphatic rings. The van der Waals surface area contributed by atoms with Gasteiger partial charge in [-0.2, -0.15) is 0 Å². The van der Waals surface area contributed by atoms with Crippen molar-refractivity contribution in [2.45, 2.75) is 268 Å². The Hall–Kier alpha value is 0.719. The molecule has 0 amide bonds. The van der Waals surface area contributed by atoms with Crippen molar-refractivity contribution in [2.75, 3.05) is 13.2 Å². The molecule has 0 N–H and O–H groups in total. The van der Waals surface area contributed by atoms with Gasteiger partial charge in [-0.1, -0.05) is 90.9 Å². The Labute approximate surface area is 304 Å². The third-order valence-corrected chi connectivity index (χ3v) is 21.1. The topological polar surface area (TPSA) is 18.5 Å². The molecule has 0 aromatic rings. The van der Waals surface area contributed by atoms with Gasteiger partial charge in [-0.25, -0.2) is 0 Å². The summed E-state index contributed by atoms with van der Waals surface area (Å²) >= 11 is -2.94. The smallest absolute Gasteiger partial charge is 0.0654 e. The third-order valence-electron chi connectivity index (χ3n) is 10.5. The molecule has 0 aromatic carbocycles. The fraction of sp³-hybridized carbons (Fsp3) is 1.00. The second-order valence-corrected chi connectivity index (χ2v) is 25.1. The van der Waals surface area contributed by atoms with Crippen LogP contribution in [0.4, 0.5) is 0 Å². The summed E-state index contributed by atoms with van der Waals surface area (Å²) in [6.45, 7) is 11.2. The molecule has 2 nitrogen and oxygen atoms in total. The maximum absolute atomic E-state index is 6.87. The zero-order valence-electron chi connectivity index (χ0n) is 33.6. The first-order chi connectivity index (χ1) is 23.2. The molecule has 0 aromatic heterocycles. The van der Waals surface area contributed by atoms with E-state index in [4.69, 9.17) is 6.15 Å². The van der Waals surface area contributed by atoms with Crippen LogP contribution in [0.25, 0.3) is 0 Å². The molecule has 0 unspecified atom stereocenters. The van der Waals surface area contributed by atoms with Crippen LogP contribution in [0.2, 0.25) is 8.87 Å². The number of rotatable bonds is 42. The summed E-state index contributed by atoms with van der Waals surface area (Å²) in [5, 5.41) is 0. The first-order valence-corrected chi connectivity index (χ1v) is 28.9. The SMILES string of the molecule is CCCCCCCCCCCCCCCCCC[O][Sn]([CH2]CCC)([CH2]CCC)[O]CCCCCCCCCCCCCCCCCC. The number of unbranched alkanes of at least 4 members (excludes halogenated alkanes) is 32. The third kappa shape index (κ3) is 36.3. The first kappa shape index (κ1) is 47.7. The molecule has 284 valence electrons. The van der Waals surface area contributed by atoms with Crippen molar-refractivity contribution >= 4 is 19.2 Å². The van der Waals surface area contributed by atoms with Crippen LogP contribution in [-0.2, 0) is 6.15 Å². The maximum atomic E-state index is 6.87. The molecule has 3 heteroatoms. The van der Waals surface area contributed by atoms with E-state index < -0.39 is 19.2 Å². The molecule has 47 heavy (non-hydrogen) atoms. The van der Waals surface area contributed by atoms with Gasteiger partial charge < -0.3 is 0 Å². The predicted octanol–water partition coefficient (Wildman–Crippen LogP) is 16.6. The summed E-state index contributed by atoms with van der Waals surface area (Å²) in [5.74, 6) is 0. The second-order valence-electron chi connectivity index (χ2n) is 15.4. The summed E-state index contributed by atoms with van der Waals surface area (Å²) in [6.07, 6.45) is 50.8. The van der Waals surface area contributed by atoms with E-state index in [1.54, 1.807) is 0 Å². The normalized spacial score (nSPS) is 12.0. The van der Waals surface area contributed by atoms with Crippen molar-refractivity contribution in [1.82, 2.24) is 0 Å². The van der Waals surface area contributed by atoms with E-state index in [1.165, 1.54) is 240 Å². The molecule has 0 heterocycles. The molecule has 0 spiro atoms. The number of hydrogen-bond donors (Lipinski definition) is 0. The van der Waals surface area contributed by atoms with Gasteiger partial charge in [0.2, 0.25) is 0 Å². The summed E-state index contributed by atoms with van der Waals surface area (Å²) < 4.78 is 16.3. The number of hydrogen-bond acceptors (Lipinski definition) is 2. The monoisotopic (exact) mass is 773 g/mol. The van der Waals surface area contributed by atoms with E-state index in [-0.39, 0.29) is 0 Å². The average molecular weight is 772 g/mol. The second kappa shape index (κ2) is 41.1. The van der Waals surface area contributed by atoms with Gasteiger partial charge in [-0.05, 0) is 0 Å². The average Bonchev–Trinajstić information content (AvgIpc) is 3.09. The molecule has 0 aliphatic carbocycles. The molecule has 0 bridgehead atoms. The Morgan fingerprint density at radius 3 is 0.638 bits per heavy atom. The quantitative estimate of drug-likeness (QED) is 0.0455. The summed E-state index contributed by atoms with van der Waals surface area (Å²) in [6, 6.07) is 0. The standard InChI is InChI=1S/2C18H37O.2C4H9.Sn/c2*1-2-3-4-5-6-7-8-9-10-11-12-13-14-15-16-17-18-19;2*1-3-4-2;/h2*2-18H2,1H3;2*1,3-4H2,2H3;/q2*-1;;;+2. The van der Waals surface area contributed by atoms with E-state index >= 15 is 0 Å². The van der Waals surface area contributed by atoms with Crippen LogP contribution in [0.15, 0.2) is 0 Å². The van der Waals surface area contributed by atoms with Gasteiger partial charge in [-0.15, -0.1) is 0 Å². The van der Waals surface area contributed by atoms with Crippen LogP contribution < -0.4 is 0 Å². The van der Waals surface area contributed by atoms with E-state index in [2.05, 4.69) is 27.7 Å². The van der Waals surface area contributed by atoms with Gasteiger partial charge in [0, 0.05) is 0 Å². The van der Waals surface area contributed by atoms with Crippen molar-refractivity contribution < 1.29 is 6.15 Å². The minimum absolute atomic E-state index is 0.973. The molecule has 0 saturated heterocycles. The van der Waals surface area contributed by atoms with Gasteiger partial charge in [0.1, 0.15) is 0 Å². The molecule has 0 saturated carbocycles. The molecule has 0 aliphatic heterocycles. The molecule has 0 radical (unpaired) electrons. The molecular weight excluding hydrogens is 679 g/mol. The predicted molar refractivity (Wildman–Crippen MR) is 216 cm³/mol. The van der Waals surface area contributed by atoms with Gasteiger partial charge in [0.15, 0.2) is 0 Å². The van der Waals surface area contributed by atoms with Gasteiger partial charge in [0.05, 0.1) is 0 Å². The van der Waals surface area contributed by atoms with Crippen molar-refractivity contribution in [3.8, 4) is 0 Å². The Morgan fingerprint density at radius 1 is 0.234 bits per heavy atom. The Bertz CT molecular complexity index is 505. The molecule has 0 atom stereocenters. The van der Waals surface area contributed by atoms with Crippen molar-refractivity contribution in [3.05, 3.63) is 0 Å². The van der Waals surface area contributed by atoms with E-state index in [9.17, 15) is 0 Å². The van der Waals surface area contributed by atoms with E-state index in [0.29, 0.717) is 0 Å². The van der Waals surface area contributed by atoms with Gasteiger partial charge in [0.25, 0.3) is 0 Å². The van der Waals surface area contributed by atoms with Crippen LogP contribution >= 0.6 is 0 Å².